The number of aliphatic hydroxyl groups is 1. The van der Waals surface area contributed by atoms with Crippen LogP contribution in [0.3, 0.4) is 0 Å². The number of aliphatic hydroxyl groups excluding tert-OH is 1. The minimum atomic E-state index is -0.329. The fraction of sp³-hybridized carbons (Fsp3) is 0.800. The lowest BCUT2D eigenvalue weighted by Gasteiger charge is -2.30. The van der Waals surface area contributed by atoms with Gasteiger partial charge in [-0.2, -0.15) is 0 Å². The number of rotatable bonds is 6. The number of nitrogens with one attached hydrogen (secondary N) is 1. The molecule has 1 unspecified atom stereocenters. The van der Waals surface area contributed by atoms with Crippen molar-refractivity contribution in [2.24, 2.45) is 5.41 Å². The second-order valence-corrected chi connectivity index (χ2v) is 4.76. The van der Waals surface area contributed by atoms with Gasteiger partial charge in [0.2, 0.25) is 5.91 Å². The molecule has 96 valence electrons. The van der Waals surface area contributed by atoms with Crippen LogP contribution in [0.5, 0.6) is 0 Å². The number of amides is 1. The van der Waals surface area contributed by atoms with Crippen LogP contribution in [0.1, 0.15) is 27.2 Å². The molecule has 1 atom stereocenters. The van der Waals surface area contributed by atoms with E-state index < -0.39 is 0 Å². The van der Waals surface area contributed by atoms with Gasteiger partial charge in [0.05, 0.1) is 13.2 Å². The molecule has 0 saturated heterocycles. The Bertz CT molecular complexity index is 350. The smallest absolute Gasteiger partial charge is 0.222 e. The Labute approximate surface area is 100 Å². The molecule has 1 amide bonds. The van der Waals surface area contributed by atoms with Gasteiger partial charge >= 0.3 is 0 Å². The molecule has 0 saturated carbocycles. The Hall–Kier alpha value is -1.50. The first-order valence-corrected chi connectivity index (χ1v) is 5.56. The van der Waals surface area contributed by atoms with E-state index in [1.54, 1.807) is 0 Å². The van der Waals surface area contributed by atoms with Gasteiger partial charge in [-0.25, -0.2) is 4.68 Å². The van der Waals surface area contributed by atoms with Crippen LogP contribution >= 0.6 is 0 Å². The van der Waals surface area contributed by atoms with Gasteiger partial charge in [-0.15, -0.1) is 5.10 Å². The first kappa shape index (κ1) is 13.6. The molecule has 2 N–H and O–H groups in total. The maximum atomic E-state index is 11.6. The van der Waals surface area contributed by atoms with E-state index in [4.69, 9.17) is 0 Å². The van der Waals surface area contributed by atoms with Crippen LogP contribution in [-0.4, -0.2) is 43.9 Å². The van der Waals surface area contributed by atoms with Gasteiger partial charge in [0.15, 0.2) is 0 Å². The second-order valence-electron chi connectivity index (χ2n) is 4.76. The highest BCUT2D eigenvalue weighted by molar-refractivity contribution is 5.76. The Balaban J connectivity index is 2.34. The number of carbonyl (C=O) groups is 1. The number of aromatic nitrogens is 4. The third-order valence-electron chi connectivity index (χ3n) is 2.92. The highest BCUT2D eigenvalue weighted by atomic mass is 16.3. The van der Waals surface area contributed by atoms with Crippen molar-refractivity contribution in [3.63, 3.8) is 0 Å². The van der Waals surface area contributed by atoms with E-state index in [1.807, 2.05) is 20.8 Å². The van der Waals surface area contributed by atoms with Crippen molar-refractivity contribution in [1.82, 2.24) is 25.5 Å². The maximum absolute atomic E-state index is 11.6. The van der Waals surface area contributed by atoms with E-state index in [-0.39, 0.29) is 24.0 Å². The molecule has 0 aromatic carbocycles. The van der Waals surface area contributed by atoms with Crippen LogP contribution < -0.4 is 5.32 Å². The van der Waals surface area contributed by atoms with Crippen molar-refractivity contribution in [1.29, 1.82) is 0 Å². The highest BCUT2D eigenvalue weighted by Gasteiger charge is 2.26. The zero-order valence-electron chi connectivity index (χ0n) is 10.4. The quantitative estimate of drug-likeness (QED) is 0.706. The van der Waals surface area contributed by atoms with Gasteiger partial charge in [0.1, 0.15) is 6.33 Å². The van der Waals surface area contributed by atoms with Crippen molar-refractivity contribution >= 4 is 5.91 Å². The van der Waals surface area contributed by atoms with Gasteiger partial charge < -0.3 is 10.4 Å². The van der Waals surface area contributed by atoms with Gasteiger partial charge in [-0.3, -0.25) is 4.79 Å². The predicted octanol–water partition coefficient (Wildman–Crippen LogP) is -0.414. The fourth-order valence-corrected chi connectivity index (χ4v) is 1.14. The Kier molecular flexibility index (Phi) is 4.56. The van der Waals surface area contributed by atoms with Gasteiger partial charge in [-0.1, -0.05) is 13.8 Å². The predicted molar refractivity (Wildman–Crippen MR) is 60.9 cm³/mol. The van der Waals surface area contributed by atoms with Crippen molar-refractivity contribution in [2.75, 3.05) is 6.61 Å². The summed E-state index contributed by atoms with van der Waals surface area (Å²) >= 11 is 0. The van der Waals surface area contributed by atoms with Crippen LogP contribution in [0.25, 0.3) is 0 Å². The van der Waals surface area contributed by atoms with Gasteiger partial charge in [0.25, 0.3) is 0 Å². The maximum Gasteiger partial charge on any atom is 0.222 e. The summed E-state index contributed by atoms with van der Waals surface area (Å²) in [5.41, 5.74) is -0.329. The molecule has 7 nitrogen and oxygen atoms in total. The average molecular weight is 241 g/mol. The zero-order valence-corrected chi connectivity index (χ0v) is 10.4. The zero-order chi connectivity index (χ0) is 12.9. The molecule has 0 spiro atoms. The lowest BCUT2D eigenvalue weighted by atomic mass is 9.86. The first-order valence-electron chi connectivity index (χ1n) is 5.56. The largest absolute Gasteiger partial charge is 0.396 e. The lowest BCUT2D eigenvalue weighted by molar-refractivity contribution is -0.122. The SMILES string of the molecule is CC(NC(=O)CCn1cnnn1)C(C)(C)CO. The van der Waals surface area contributed by atoms with E-state index in [0.717, 1.165) is 0 Å². The van der Waals surface area contributed by atoms with E-state index >= 15 is 0 Å². The van der Waals surface area contributed by atoms with E-state index in [0.29, 0.717) is 13.0 Å². The summed E-state index contributed by atoms with van der Waals surface area (Å²) in [5, 5.41) is 22.7. The molecule has 1 rings (SSSR count). The molecular formula is C10H19N5O2. The standard InChI is InChI=1S/C10H19N5O2/c1-8(10(2,3)6-16)12-9(17)4-5-15-7-11-13-14-15/h7-8,16H,4-6H2,1-3H3,(H,12,17). The number of nitrogens with zero attached hydrogens (tertiary/aromatic N) is 4. The molecule has 1 aromatic heterocycles. The minimum Gasteiger partial charge on any atom is -0.396 e. The number of aryl methyl sites for hydroxylation is 1. The van der Waals surface area contributed by atoms with Crippen LogP contribution in [0.2, 0.25) is 0 Å². The summed E-state index contributed by atoms with van der Waals surface area (Å²) in [5.74, 6) is -0.0745. The van der Waals surface area contributed by atoms with E-state index in [1.165, 1.54) is 11.0 Å². The molecule has 0 bridgehead atoms. The molecule has 17 heavy (non-hydrogen) atoms. The molecule has 1 heterocycles. The lowest BCUT2D eigenvalue weighted by Crippen LogP contribution is -2.44. The Morgan fingerprint density at radius 3 is 2.82 bits per heavy atom. The monoisotopic (exact) mass is 241 g/mol. The highest BCUT2D eigenvalue weighted by Crippen LogP contribution is 2.18. The second kappa shape index (κ2) is 5.72. The average Bonchev–Trinajstić information content (AvgIpc) is 2.79. The summed E-state index contributed by atoms with van der Waals surface area (Å²) in [4.78, 5) is 11.6. The fourth-order valence-electron chi connectivity index (χ4n) is 1.14. The topological polar surface area (TPSA) is 92.9 Å². The Morgan fingerprint density at radius 2 is 2.29 bits per heavy atom. The van der Waals surface area contributed by atoms with E-state index in [9.17, 15) is 9.90 Å². The molecule has 7 heteroatoms. The minimum absolute atomic E-state index is 0.0292. The van der Waals surface area contributed by atoms with Crippen LogP contribution in [0, 0.1) is 5.41 Å². The van der Waals surface area contributed by atoms with Crippen LogP contribution in [0.4, 0.5) is 0 Å². The summed E-state index contributed by atoms with van der Waals surface area (Å²) in [6.07, 6.45) is 1.78. The molecule has 0 aliphatic rings. The molecule has 0 aliphatic heterocycles. The van der Waals surface area contributed by atoms with Gasteiger partial charge in [0, 0.05) is 17.9 Å². The summed E-state index contributed by atoms with van der Waals surface area (Å²) in [6.45, 7) is 6.16. The molecule has 0 fully saturated rings. The number of hydrogen-bond acceptors (Lipinski definition) is 5. The number of carbonyl (C=O) groups excluding carboxylic acids is 1. The van der Waals surface area contributed by atoms with Crippen molar-refractivity contribution in [2.45, 2.75) is 39.8 Å². The summed E-state index contributed by atoms with van der Waals surface area (Å²) in [6, 6.07) is -0.0890. The molecule has 0 radical (unpaired) electrons. The molecule has 1 aromatic rings. The van der Waals surface area contributed by atoms with E-state index in [2.05, 4.69) is 20.8 Å². The third-order valence-corrected chi connectivity index (χ3v) is 2.92. The van der Waals surface area contributed by atoms with Crippen molar-refractivity contribution in [3.8, 4) is 0 Å². The summed E-state index contributed by atoms with van der Waals surface area (Å²) < 4.78 is 1.50. The molecular weight excluding hydrogens is 222 g/mol. The third kappa shape index (κ3) is 4.10. The summed E-state index contributed by atoms with van der Waals surface area (Å²) in [7, 11) is 0. The number of hydrogen-bond donors (Lipinski definition) is 2. The number of tetrazole rings is 1. The van der Waals surface area contributed by atoms with Crippen LogP contribution in [0.15, 0.2) is 6.33 Å². The normalized spacial score (nSPS) is 13.4. The first-order chi connectivity index (χ1) is 7.95. The van der Waals surface area contributed by atoms with Crippen molar-refractivity contribution in [3.05, 3.63) is 6.33 Å². The van der Waals surface area contributed by atoms with Gasteiger partial charge in [-0.05, 0) is 17.4 Å². The Morgan fingerprint density at radius 1 is 1.59 bits per heavy atom. The van der Waals surface area contributed by atoms with Crippen molar-refractivity contribution < 1.29 is 9.90 Å². The molecule has 0 aliphatic carbocycles. The van der Waals surface area contributed by atoms with Crippen LogP contribution in [-0.2, 0) is 11.3 Å².